The van der Waals surface area contributed by atoms with Crippen molar-refractivity contribution in [2.75, 3.05) is 17.2 Å². The molecule has 1 aliphatic rings. The third-order valence-electron chi connectivity index (χ3n) is 6.27. The Bertz CT molecular complexity index is 1070. The number of phenols is 1. The molecule has 0 unspecified atom stereocenters. The number of anilines is 2. The molecule has 0 aromatic heterocycles. The molecule has 2 aromatic rings. The third-order valence-corrected chi connectivity index (χ3v) is 6.27. The van der Waals surface area contributed by atoms with Gasteiger partial charge in [-0.3, -0.25) is 14.4 Å². The van der Waals surface area contributed by atoms with E-state index in [2.05, 4.69) is 10.6 Å². The van der Waals surface area contributed by atoms with E-state index in [-0.39, 0.29) is 37.0 Å². The number of hydrogen-bond donors (Lipinski definition) is 3. The summed E-state index contributed by atoms with van der Waals surface area (Å²) in [5.74, 6) is 0.681. The maximum atomic E-state index is 12.5. The Morgan fingerprint density at radius 1 is 0.944 bits per heavy atom. The van der Waals surface area contributed by atoms with E-state index in [1.165, 1.54) is 25.3 Å². The minimum absolute atomic E-state index is 0.0198. The van der Waals surface area contributed by atoms with Gasteiger partial charge >= 0.3 is 5.97 Å². The molecule has 2 amide bonds. The zero-order valence-electron chi connectivity index (χ0n) is 21.3. The largest absolute Gasteiger partial charge is 0.506 e. The predicted octanol–water partition coefficient (Wildman–Crippen LogP) is 5.99. The molecule has 194 valence electrons. The van der Waals surface area contributed by atoms with Gasteiger partial charge in [-0.25, -0.2) is 0 Å². The molecule has 0 radical (unpaired) electrons. The normalized spacial score (nSPS) is 13.6. The standard InChI is InChI=1S/C28H36N2O6/c1-4-35-27(34)13-12-25(32)29-21-14-18(2)28(19(3)15-21)36-22-10-11-24(31)23(17-22)30-26(33)16-20-8-6-5-7-9-20/h10-11,14-15,17,20,31H,4-9,12-13,16H2,1-3H3,(H,29,32)(H,30,33). The second-order valence-corrected chi connectivity index (χ2v) is 9.33. The average molecular weight is 497 g/mol. The van der Waals surface area contributed by atoms with E-state index in [0.717, 1.165) is 24.0 Å². The maximum absolute atomic E-state index is 12.5. The number of phenolic OH excluding ortho intramolecular Hbond substituents is 1. The SMILES string of the molecule is CCOC(=O)CCC(=O)Nc1cc(C)c(Oc2ccc(O)c(NC(=O)CC3CCCCC3)c2)c(C)c1. The number of amides is 2. The lowest BCUT2D eigenvalue weighted by atomic mass is 9.87. The van der Waals surface area contributed by atoms with Crippen LogP contribution in [0.15, 0.2) is 30.3 Å². The van der Waals surface area contributed by atoms with E-state index in [1.54, 1.807) is 31.2 Å². The molecule has 3 N–H and O–H groups in total. The highest BCUT2D eigenvalue weighted by atomic mass is 16.5. The Hall–Kier alpha value is -3.55. The maximum Gasteiger partial charge on any atom is 0.306 e. The minimum atomic E-state index is -0.401. The summed E-state index contributed by atoms with van der Waals surface area (Å²) in [7, 11) is 0. The van der Waals surface area contributed by atoms with Crippen molar-refractivity contribution in [1.29, 1.82) is 0 Å². The molecular formula is C28H36N2O6. The van der Waals surface area contributed by atoms with E-state index in [1.807, 2.05) is 13.8 Å². The summed E-state index contributed by atoms with van der Waals surface area (Å²) in [4.78, 5) is 36.2. The molecule has 36 heavy (non-hydrogen) atoms. The van der Waals surface area contributed by atoms with Gasteiger partial charge < -0.3 is 25.2 Å². The van der Waals surface area contributed by atoms with Gasteiger partial charge in [0.15, 0.2) is 0 Å². The summed E-state index contributed by atoms with van der Waals surface area (Å²) < 4.78 is 10.9. The number of nitrogens with one attached hydrogen (secondary N) is 2. The van der Waals surface area contributed by atoms with E-state index in [0.29, 0.717) is 35.2 Å². The first-order chi connectivity index (χ1) is 17.2. The van der Waals surface area contributed by atoms with Crippen LogP contribution in [0.3, 0.4) is 0 Å². The fraction of sp³-hybridized carbons (Fsp3) is 0.464. The highest BCUT2D eigenvalue weighted by molar-refractivity contribution is 5.93. The molecule has 0 saturated heterocycles. The highest BCUT2D eigenvalue weighted by Crippen LogP contribution is 2.35. The number of ether oxygens (including phenoxy) is 2. The van der Waals surface area contributed by atoms with Gasteiger partial charge in [0.1, 0.15) is 17.2 Å². The molecule has 0 bridgehead atoms. The zero-order chi connectivity index (χ0) is 26.1. The number of carbonyl (C=O) groups excluding carboxylic acids is 3. The van der Waals surface area contributed by atoms with E-state index >= 15 is 0 Å². The van der Waals surface area contributed by atoms with Crippen LogP contribution in [0.1, 0.15) is 69.4 Å². The van der Waals surface area contributed by atoms with Crippen molar-refractivity contribution >= 4 is 29.2 Å². The van der Waals surface area contributed by atoms with Crippen LogP contribution in [0.2, 0.25) is 0 Å². The summed E-state index contributed by atoms with van der Waals surface area (Å²) in [5, 5.41) is 15.9. The molecule has 1 saturated carbocycles. The van der Waals surface area contributed by atoms with Gasteiger partial charge in [-0.1, -0.05) is 19.3 Å². The minimum Gasteiger partial charge on any atom is -0.506 e. The quantitative estimate of drug-likeness (QED) is 0.275. The molecule has 2 aromatic carbocycles. The average Bonchev–Trinajstić information content (AvgIpc) is 2.83. The van der Waals surface area contributed by atoms with Crippen molar-refractivity contribution < 1.29 is 29.0 Å². The topological polar surface area (TPSA) is 114 Å². The van der Waals surface area contributed by atoms with E-state index in [4.69, 9.17) is 9.47 Å². The van der Waals surface area contributed by atoms with Gasteiger partial charge in [-0.05, 0) is 74.9 Å². The van der Waals surface area contributed by atoms with Crippen molar-refractivity contribution in [2.24, 2.45) is 5.92 Å². The second kappa shape index (κ2) is 13.0. The first-order valence-electron chi connectivity index (χ1n) is 12.6. The van der Waals surface area contributed by atoms with Gasteiger partial charge in [0, 0.05) is 24.6 Å². The Balaban J connectivity index is 1.63. The van der Waals surface area contributed by atoms with Crippen LogP contribution in [0, 0.1) is 19.8 Å². The molecule has 8 nitrogen and oxygen atoms in total. The van der Waals surface area contributed by atoms with Crippen LogP contribution in [-0.4, -0.2) is 29.5 Å². The summed E-state index contributed by atoms with van der Waals surface area (Å²) in [5.41, 5.74) is 2.51. The summed E-state index contributed by atoms with van der Waals surface area (Å²) in [6.07, 6.45) is 6.24. The van der Waals surface area contributed by atoms with Crippen LogP contribution >= 0.6 is 0 Å². The van der Waals surface area contributed by atoms with Gasteiger partial charge in [-0.15, -0.1) is 0 Å². The molecule has 1 aliphatic carbocycles. The lowest BCUT2D eigenvalue weighted by Gasteiger charge is -2.21. The van der Waals surface area contributed by atoms with E-state index in [9.17, 15) is 19.5 Å². The third kappa shape index (κ3) is 8.00. The first kappa shape index (κ1) is 27.0. The number of rotatable bonds is 10. The Morgan fingerprint density at radius 3 is 2.31 bits per heavy atom. The van der Waals surface area contributed by atoms with Crippen LogP contribution in [0.25, 0.3) is 0 Å². The van der Waals surface area contributed by atoms with Crippen molar-refractivity contribution in [1.82, 2.24) is 0 Å². The number of esters is 1. The molecule has 0 spiro atoms. The second-order valence-electron chi connectivity index (χ2n) is 9.33. The van der Waals surface area contributed by atoms with Crippen LogP contribution in [-0.2, 0) is 19.1 Å². The van der Waals surface area contributed by atoms with Gasteiger partial charge in [0.05, 0.1) is 18.7 Å². The van der Waals surface area contributed by atoms with Crippen molar-refractivity contribution in [3.05, 3.63) is 41.5 Å². The number of carbonyl (C=O) groups is 3. The van der Waals surface area contributed by atoms with Crippen molar-refractivity contribution in [2.45, 2.75) is 72.1 Å². The van der Waals surface area contributed by atoms with Gasteiger partial charge in [0.25, 0.3) is 0 Å². The molecule has 8 heteroatoms. The first-order valence-corrected chi connectivity index (χ1v) is 12.6. The number of benzene rings is 2. The number of hydrogen-bond acceptors (Lipinski definition) is 6. The van der Waals surface area contributed by atoms with Crippen LogP contribution < -0.4 is 15.4 Å². The van der Waals surface area contributed by atoms with E-state index < -0.39 is 5.97 Å². The van der Waals surface area contributed by atoms with Crippen molar-refractivity contribution in [3.8, 4) is 17.2 Å². The molecular weight excluding hydrogens is 460 g/mol. The zero-order valence-corrected chi connectivity index (χ0v) is 21.3. The molecule has 0 aliphatic heterocycles. The summed E-state index contributed by atoms with van der Waals surface area (Å²) >= 11 is 0. The number of aromatic hydroxyl groups is 1. The summed E-state index contributed by atoms with van der Waals surface area (Å²) in [6, 6.07) is 8.32. The smallest absolute Gasteiger partial charge is 0.306 e. The lowest BCUT2D eigenvalue weighted by Crippen LogP contribution is -2.18. The summed E-state index contributed by atoms with van der Waals surface area (Å²) in [6.45, 7) is 5.74. The Labute approximate surface area is 212 Å². The fourth-order valence-corrected chi connectivity index (χ4v) is 4.51. The van der Waals surface area contributed by atoms with Gasteiger partial charge in [-0.2, -0.15) is 0 Å². The fourth-order valence-electron chi connectivity index (χ4n) is 4.51. The molecule has 1 fully saturated rings. The molecule has 0 heterocycles. The lowest BCUT2D eigenvalue weighted by molar-refractivity contribution is -0.144. The highest BCUT2D eigenvalue weighted by Gasteiger charge is 2.18. The Kier molecular flexibility index (Phi) is 9.73. The van der Waals surface area contributed by atoms with Crippen LogP contribution in [0.5, 0.6) is 17.2 Å². The Morgan fingerprint density at radius 2 is 1.64 bits per heavy atom. The molecule has 0 atom stereocenters. The molecule has 3 rings (SSSR count). The van der Waals surface area contributed by atoms with Gasteiger partial charge in [0.2, 0.25) is 11.8 Å². The van der Waals surface area contributed by atoms with Crippen molar-refractivity contribution in [3.63, 3.8) is 0 Å². The van der Waals surface area contributed by atoms with Crippen LogP contribution in [0.4, 0.5) is 11.4 Å². The monoisotopic (exact) mass is 496 g/mol. The number of aryl methyl sites for hydroxylation is 2. The predicted molar refractivity (Wildman–Crippen MR) is 138 cm³/mol.